The molecule has 1 aliphatic rings. The molecule has 1 fully saturated rings. The van der Waals surface area contributed by atoms with E-state index >= 15 is 0 Å². The molecule has 0 saturated carbocycles. The minimum Gasteiger partial charge on any atom is -0.409 e. The highest BCUT2D eigenvalue weighted by Gasteiger charge is 2.33. The summed E-state index contributed by atoms with van der Waals surface area (Å²) in [5, 5.41) is 11.5. The SMILES string of the molecule is CCS(=O)(=O)N1CCCCC1C(N)=NO. The predicted molar refractivity (Wildman–Crippen MR) is 57.2 cm³/mol. The molecular weight excluding hydrogens is 218 g/mol. The summed E-state index contributed by atoms with van der Waals surface area (Å²) >= 11 is 0. The van der Waals surface area contributed by atoms with Crippen molar-refractivity contribution in [1.82, 2.24) is 4.31 Å². The van der Waals surface area contributed by atoms with Crippen molar-refractivity contribution in [3.63, 3.8) is 0 Å². The topological polar surface area (TPSA) is 96.0 Å². The van der Waals surface area contributed by atoms with E-state index in [2.05, 4.69) is 5.16 Å². The van der Waals surface area contributed by atoms with Crippen LogP contribution in [0, 0.1) is 0 Å². The van der Waals surface area contributed by atoms with Gasteiger partial charge in [-0.3, -0.25) is 0 Å². The molecule has 1 atom stereocenters. The zero-order valence-electron chi connectivity index (χ0n) is 8.76. The second-order valence-electron chi connectivity index (χ2n) is 3.55. The standard InChI is InChI=1S/C8H17N3O3S/c1-2-15(13,14)11-6-4-3-5-7(11)8(9)10-12/h7,12H,2-6H2,1H3,(H2,9,10). The minimum atomic E-state index is -3.26. The van der Waals surface area contributed by atoms with Crippen molar-refractivity contribution in [1.29, 1.82) is 0 Å². The fraction of sp³-hybridized carbons (Fsp3) is 0.875. The maximum atomic E-state index is 11.7. The molecule has 6 nitrogen and oxygen atoms in total. The molecule has 1 saturated heterocycles. The van der Waals surface area contributed by atoms with Gasteiger partial charge >= 0.3 is 0 Å². The third-order valence-corrected chi connectivity index (χ3v) is 4.51. The summed E-state index contributed by atoms with van der Waals surface area (Å²) in [6.07, 6.45) is 2.35. The Bertz CT molecular complexity index is 339. The van der Waals surface area contributed by atoms with E-state index in [1.807, 2.05) is 0 Å². The van der Waals surface area contributed by atoms with Gasteiger partial charge in [-0.15, -0.1) is 0 Å². The highest BCUT2D eigenvalue weighted by Crippen LogP contribution is 2.20. The van der Waals surface area contributed by atoms with Gasteiger partial charge < -0.3 is 10.9 Å². The zero-order chi connectivity index (χ0) is 11.5. The van der Waals surface area contributed by atoms with Gasteiger partial charge in [-0.05, 0) is 19.8 Å². The first-order valence-electron chi connectivity index (χ1n) is 5.00. The quantitative estimate of drug-likeness (QED) is 0.310. The van der Waals surface area contributed by atoms with Gasteiger partial charge in [-0.1, -0.05) is 11.6 Å². The molecule has 0 radical (unpaired) electrons. The molecule has 7 heteroatoms. The molecule has 88 valence electrons. The Morgan fingerprint density at radius 2 is 2.27 bits per heavy atom. The van der Waals surface area contributed by atoms with Gasteiger partial charge in [0.15, 0.2) is 5.84 Å². The van der Waals surface area contributed by atoms with Gasteiger partial charge in [0.2, 0.25) is 10.0 Å². The summed E-state index contributed by atoms with van der Waals surface area (Å²) < 4.78 is 24.8. The van der Waals surface area contributed by atoms with Crippen LogP contribution < -0.4 is 5.73 Å². The van der Waals surface area contributed by atoms with Gasteiger partial charge in [0.25, 0.3) is 0 Å². The molecule has 0 aromatic carbocycles. The molecule has 15 heavy (non-hydrogen) atoms. The van der Waals surface area contributed by atoms with Crippen molar-refractivity contribution < 1.29 is 13.6 Å². The lowest BCUT2D eigenvalue weighted by molar-refractivity contribution is 0.281. The highest BCUT2D eigenvalue weighted by molar-refractivity contribution is 7.89. The van der Waals surface area contributed by atoms with Gasteiger partial charge in [0.05, 0.1) is 11.8 Å². The Balaban J connectivity index is 2.93. The van der Waals surface area contributed by atoms with Crippen molar-refractivity contribution in [2.75, 3.05) is 12.3 Å². The van der Waals surface area contributed by atoms with E-state index in [0.29, 0.717) is 13.0 Å². The van der Waals surface area contributed by atoms with Crippen molar-refractivity contribution in [3.8, 4) is 0 Å². The maximum absolute atomic E-state index is 11.7. The molecule has 1 unspecified atom stereocenters. The Morgan fingerprint density at radius 1 is 1.60 bits per heavy atom. The van der Waals surface area contributed by atoms with Crippen LogP contribution in [0.3, 0.4) is 0 Å². The number of piperidine rings is 1. The van der Waals surface area contributed by atoms with E-state index in [-0.39, 0.29) is 11.6 Å². The molecule has 0 aromatic rings. The lowest BCUT2D eigenvalue weighted by Gasteiger charge is -2.33. The molecule has 0 aliphatic carbocycles. The largest absolute Gasteiger partial charge is 0.409 e. The summed E-state index contributed by atoms with van der Waals surface area (Å²) in [6.45, 7) is 2.05. The number of hydrogen-bond donors (Lipinski definition) is 2. The number of amidine groups is 1. The minimum absolute atomic E-state index is 0.0216. The lowest BCUT2D eigenvalue weighted by atomic mass is 10.0. The first kappa shape index (κ1) is 12.3. The number of nitrogens with zero attached hydrogens (tertiary/aromatic N) is 2. The third kappa shape index (κ3) is 2.60. The smallest absolute Gasteiger partial charge is 0.214 e. The molecule has 0 bridgehead atoms. The van der Waals surface area contributed by atoms with E-state index in [0.717, 1.165) is 12.8 Å². The van der Waals surface area contributed by atoms with Crippen LogP contribution in [0.15, 0.2) is 5.16 Å². The Kier molecular flexibility index (Phi) is 3.92. The molecule has 3 N–H and O–H groups in total. The molecule has 0 spiro atoms. The van der Waals surface area contributed by atoms with E-state index in [4.69, 9.17) is 10.9 Å². The molecule has 0 amide bonds. The van der Waals surface area contributed by atoms with Crippen molar-refractivity contribution >= 4 is 15.9 Å². The lowest BCUT2D eigenvalue weighted by Crippen LogP contribution is -2.50. The summed E-state index contributed by atoms with van der Waals surface area (Å²) in [5.41, 5.74) is 5.48. The highest BCUT2D eigenvalue weighted by atomic mass is 32.2. The average Bonchev–Trinajstić information content (AvgIpc) is 2.28. The molecule has 0 aromatic heterocycles. The summed E-state index contributed by atoms with van der Waals surface area (Å²) in [7, 11) is -3.26. The Hall–Kier alpha value is -0.820. The number of nitrogens with two attached hydrogens (primary N) is 1. The fourth-order valence-corrected chi connectivity index (χ4v) is 3.11. The summed E-state index contributed by atoms with van der Waals surface area (Å²) in [5.74, 6) is 0.0223. The molecule has 1 aliphatic heterocycles. The number of sulfonamides is 1. The van der Waals surface area contributed by atoms with Crippen molar-refractivity contribution in [2.24, 2.45) is 10.9 Å². The van der Waals surface area contributed by atoms with Crippen LogP contribution in [0.2, 0.25) is 0 Å². The zero-order valence-corrected chi connectivity index (χ0v) is 9.57. The van der Waals surface area contributed by atoms with E-state index in [1.54, 1.807) is 6.92 Å². The van der Waals surface area contributed by atoms with Gasteiger partial charge in [-0.2, -0.15) is 4.31 Å². The van der Waals surface area contributed by atoms with E-state index in [1.165, 1.54) is 4.31 Å². The summed E-state index contributed by atoms with van der Waals surface area (Å²) in [6, 6.07) is -0.478. The Labute approximate surface area is 89.8 Å². The second-order valence-corrected chi connectivity index (χ2v) is 5.76. The van der Waals surface area contributed by atoms with Gasteiger partial charge in [-0.25, -0.2) is 8.42 Å². The first-order chi connectivity index (χ1) is 7.03. The predicted octanol–water partition coefficient (Wildman–Crippen LogP) is -0.0630. The van der Waals surface area contributed by atoms with Crippen LogP contribution >= 0.6 is 0 Å². The summed E-state index contributed by atoms with van der Waals surface area (Å²) in [4.78, 5) is 0. The molecule has 1 heterocycles. The van der Waals surface area contributed by atoms with Crippen LogP contribution in [0.4, 0.5) is 0 Å². The van der Waals surface area contributed by atoms with Gasteiger partial charge in [0, 0.05) is 6.54 Å². The Morgan fingerprint density at radius 3 is 2.80 bits per heavy atom. The van der Waals surface area contributed by atoms with Crippen LogP contribution in [-0.2, 0) is 10.0 Å². The maximum Gasteiger partial charge on any atom is 0.214 e. The fourth-order valence-electron chi connectivity index (χ4n) is 1.77. The van der Waals surface area contributed by atoms with Crippen LogP contribution in [0.25, 0.3) is 0 Å². The van der Waals surface area contributed by atoms with Gasteiger partial charge in [0.1, 0.15) is 0 Å². The van der Waals surface area contributed by atoms with Crippen molar-refractivity contribution in [3.05, 3.63) is 0 Å². The molecule has 1 rings (SSSR count). The normalized spacial score (nSPS) is 25.4. The monoisotopic (exact) mass is 235 g/mol. The number of oxime groups is 1. The number of hydrogen-bond acceptors (Lipinski definition) is 4. The van der Waals surface area contributed by atoms with Crippen LogP contribution in [-0.4, -0.2) is 42.1 Å². The number of rotatable bonds is 3. The van der Waals surface area contributed by atoms with Crippen molar-refractivity contribution in [2.45, 2.75) is 32.2 Å². The second kappa shape index (κ2) is 4.80. The van der Waals surface area contributed by atoms with Crippen LogP contribution in [0.5, 0.6) is 0 Å². The van der Waals surface area contributed by atoms with Crippen LogP contribution in [0.1, 0.15) is 26.2 Å². The van der Waals surface area contributed by atoms with E-state index in [9.17, 15) is 8.42 Å². The van der Waals surface area contributed by atoms with E-state index < -0.39 is 16.1 Å². The molecular formula is C8H17N3O3S. The third-order valence-electron chi connectivity index (χ3n) is 2.63. The first-order valence-corrected chi connectivity index (χ1v) is 6.60. The average molecular weight is 235 g/mol.